The zero-order valence-electron chi connectivity index (χ0n) is 13.8. The molecule has 7 heteroatoms. The van der Waals surface area contributed by atoms with Gasteiger partial charge in [0.05, 0.1) is 28.8 Å². The van der Waals surface area contributed by atoms with Crippen molar-refractivity contribution in [3.05, 3.63) is 78.8 Å². The summed E-state index contributed by atoms with van der Waals surface area (Å²) in [6.07, 6.45) is 3.40. The van der Waals surface area contributed by atoms with Gasteiger partial charge in [0.15, 0.2) is 0 Å². The van der Waals surface area contributed by atoms with Crippen molar-refractivity contribution in [1.82, 2.24) is 19.9 Å². The van der Waals surface area contributed by atoms with Crippen LogP contribution in [0.2, 0.25) is 0 Å². The van der Waals surface area contributed by atoms with Gasteiger partial charge in [-0.2, -0.15) is 5.10 Å². The third-order valence-electron chi connectivity index (χ3n) is 4.11. The first-order chi connectivity index (χ1) is 12.6. The highest BCUT2D eigenvalue weighted by molar-refractivity contribution is 7.89. The minimum Gasteiger partial charge on any atom is -0.278 e. The van der Waals surface area contributed by atoms with Gasteiger partial charge in [0.2, 0.25) is 10.0 Å². The van der Waals surface area contributed by atoms with E-state index >= 15 is 0 Å². The molecule has 26 heavy (non-hydrogen) atoms. The van der Waals surface area contributed by atoms with Crippen molar-refractivity contribution in [1.29, 1.82) is 0 Å². The Labute approximate surface area is 151 Å². The number of rotatable bonds is 5. The lowest BCUT2D eigenvalue weighted by atomic mass is 10.0. The summed E-state index contributed by atoms with van der Waals surface area (Å²) in [6, 6.07) is 18.1. The fourth-order valence-electron chi connectivity index (χ4n) is 2.70. The second kappa shape index (κ2) is 6.70. The molecule has 2 aromatic heterocycles. The van der Waals surface area contributed by atoms with Crippen molar-refractivity contribution in [3.63, 3.8) is 0 Å². The standard InChI is InChI=1S/C19H16N4O2S/c24-26(25,22-13-17-3-1-2-10-20-17)18-8-6-14(7-9-18)15-4-5-16-12-21-23-19(16)11-15/h1-12,22H,13H2,(H,21,23). The van der Waals surface area contributed by atoms with E-state index in [4.69, 9.17) is 0 Å². The van der Waals surface area contributed by atoms with Gasteiger partial charge in [0, 0.05) is 11.6 Å². The van der Waals surface area contributed by atoms with Crippen molar-refractivity contribution in [3.8, 4) is 11.1 Å². The molecular weight excluding hydrogens is 348 g/mol. The van der Waals surface area contributed by atoms with E-state index in [1.54, 1.807) is 48.8 Å². The number of sulfonamides is 1. The van der Waals surface area contributed by atoms with Crippen molar-refractivity contribution in [2.45, 2.75) is 11.4 Å². The lowest BCUT2D eigenvalue weighted by Crippen LogP contribution is -2.23. The monoisotopic (exact) mass is 364 g/mol. The van der Waals surface area contributed by atoms with Crippen LogP contribution < -0.4 is 4.72 Å². The molecule has 2 N–H and O–H groups in total. The first-order valence-electron chi connectivity index (χ1n) is 8.05. The van der Waals surface area contributed by atoms with Crippen LogP contribution in [0.5, 0.6) is 0 Å². The molecule has 0 unspecified atom stereocenters. The van der Waals surface area contributed by atoms with E-state index in [-0.39, 0.29) is 11.4 Å². The van der Waals surface area contributed by atoms with Crippen LogP contribution in [-0.2, 0) is 16.6 Å². The Hall–Kier alpha value is -3.03. The third-order valence-corrected chi connectivity index (χ3v) is 5.53. The molecule has 130 valence electrons. The van der Waals surface area contributed by atoms with E-state index in [1.165, 1.54) is 0 Å². The van der Waals surface area contributed by atoms with Gasteiger partial charge in [-0.25, -0.2) is 13.1 Å². The van der Waals surface area contributed by atoms with Gasteiger partial charge >= 0.3 is 0 Å². The third kappa shape index (κ3) is 3.35. The summed E-state index contributed by atoms with van der Waals surface area (Å²) < 4.78 is 27.5. The maximum Gasteiger partial charge on any atom is 0.240 e. The summed E-state index contributed by atoms with van der Waals surface area (Å²) in [4.78, 5) is 4.34. The van der Waals surface area contributed by atoms with Crippen LogP contribution in [0, 0.1) is 0 Å². The number of hydrogen-bond donors (Lipinski definition) is 2. The van der Waals surface area contributed by atoms with E-state index in [2.05, 4.69) is 19.9 Å². The average molecular weight is 364 g/mol. The molecule has 2 heterocycles. The minimum absolute atomic E-state index is 0.154. The Balaban J connectivity index is 1.54. The number of benzene rings is 2. The van der Waals surface area contributed by atoms with Gasteiger partial charge in [-0.15, -0.1) is 0 Å². The molecule has 4 aromatic rings. The topological polar surface area (TPSA) is 87.7 Å². The normalized spacial score (nSPS) is 11.7. The van der Waals surface area contributed by atoms with Crippen LogP contribution in [0.4, 0.5) is 0 Å². The van der Waals surface area contributed by atoms with Crippen LogP contribution in [0.1, 0.15) is 5.69 Å². The van der Waals surface area contributed by atoms with Crippen molar-refractivity contribution in [2.24, 2.45) is 0 Å². The highest BCUT2D eigenvalue weighted by Crippen LogP contribution is 2.24. The number of pyridine rings is 1. The summed E-state index contributed by atoms with van der Waals surface area (Å²) in [5.74, 6) is 0. The number of nitrogens with one attached hydrogen (secondary N) is 2. The molecule has 0 aliphatic heterocycles. The van der Waals surface area contributed by atoms with Gasteiger partial charge in [0.1, 0.15) is 0 Å². The first kappa shape index (κ1) is 16.4. The highest BCUT2D eigenvalue weighted by atomic mass is 32.2. The number of aromatic nitrogens is 3. The van der Waals surface area contributed by atoms with Crippen molar-refractivity contribution in [2.75, 3.05) is 0 Å². The van der Waals surface area contributed by atoms with E-state index in [1.807, 2.05) is 24.3 Å². The predicted octanol–water partition coefficient (Wildman–Crippen LogP) is 3.10. The summed E-state index contributed by atoms with van der Waals surface area (Å²) in [6.45, 7) is 0.154. The molecule has 0 radical (unpaired) electrons. The molecule has 0 aliphatic carbocycles. The van der Waals surface area contributed by atoms with Gasteiger partial charge in [-0.3, -0.25) is 10.1 Å². The first-order valence-corrected chi connectivity index (χ1v) is 9.53. The number of fused-ring (bicyclic) bond motifs is 1. The molecule has 4 rings (SSSR count). The van der Waals surface area contributed by atoms with E-state index < -0.39 is 10.0 Å². The molecule has 0 saturated heterocycles. The molecule has 0 saturated carbocycles. The maximum atomic E-state index is 12.4. The van der Waals surface area contributed by atoms with Gasteiger partial charge in [-0.1, -0.05) is 30.3 Å². The zero-order valence-corrected chi connectivity index (χ0v) is 14.6. The van der Waals surface area contributed by atoms with Crippen molar-refractivity contribution >= 4 is 20.9 Å². The fourth-order valence-corrected chi connectivity index (χ4v) is 3.70. The van der Waals surface area contributed by atoms with E-state index in [9.17, 15) is 8.42 Å². The molecule has 0 spiro atoms. The SMILES string of the molecule is O=S(=O)(NCc1ccccn1)c1ccc(-c2ccc3cn[nH]c3c2)cc1. The molecule has 6 nitrogen and oxygen atoms in total. The van der Waals surface area contributed by atoms with Gasteiger partial charge < -0.3 is 0 Å². The summed E-state index contributed by atoms with van der Waals surface area (Å²) >= 11 is 0. The van der Waals surface area contributed by atoms with Crippen LogP contribution in [0.15, 0.2) is 78.0 Å². The number of hydrogen-bond acceptors (Lipinski definition) is 4. The lowest BCUT2D eigenvalue weighted by molar-refractivity contribution is 0.580. The molecular formula is C19H16N4O2S. The molecule has 0 amide bonds. The minimum atomic E-state index is -3.59. The average Bonchev–Trinajstić information content (AvgIpc) is 3.15. The Morgan fingerprint density at radius 1 is 0.962 bits per heavy atom. The van der Waals surface area contributed by atoms with Crippen LogP contribution >= 0.6 is 0 Å². The van der Waals surface area contributed by atoms with Crippen LogP contribution in [0.25, 0.3) is 22.0 Å². The Bertz CT molecular complexity index is 1140. The lowest BCUT2D eigenvalue weighted by Gasteiger charge is -2.08. The second-order valence-corrected chi connectivity index (χ2v) is 7.61. The molecule has 0 aliphatic rings. The number of H-pyrrole nitrogens is 1. The maximum absolute atomic E-state index is 12.4. The summed E-state index contributed by atoms with van der Waals surface area (Å²) in [7, 11) is -3.59. The molecule has 0 atom stereocenters. The van der Waals surface area contributed by atoms with Crippen LogP contribution in [0.3, 0.4) is 0 Å². The molecule has 0 bridgehead atoms. The number of aromatic amines is 1. The Morgan fingerprint density at radius 2 is 1.77 bits per heavy atom. The molecule has 0 fully saturated rings. The zero-order chi connectivity index (χ0) is 18.0. The van der Waals surface area contributed by atoms with Gasteiger partial charge in [0.25, 0.3) is 0 Å². The van der Waals surface area contributed by atoms with Crippen molar-refractivity contribution < 1.29 is 8.42 Å². The second-order valence-electron chi connectivity index (χ2n) is 5.84. The smallest absolute Gasteiger partial charge is 0.240 e. The van der Waals surface area contributed by atoms with E-state index in [0.29, 0.717) is 5.69 Å². The molecule has 2 aromatic carbocycles. The summed E-state index contributed by atoms with van der Waals surface area (Å²) in [5.41, 5.74) is 3.54. The number of nitrogens with zero attached hydrogens (tertiary/aromatic N) is 2. The van der Waals surface area contributed by atoms with Gasteiger partial charge in [-0.05, 0) is 41.5 Å². The quantitative estimate of drug-likeness (QED) is 0.570. The fraction of sp³-hybridized carbons (Fsp3) is 0.0526. The summed E-state index contributed by atoms with van der Waals surface area (Å²) in [5, 5.41) is 7.98. The Morgan fingerprint density at radius 3 is 2.54 bits per heavy atom. The van der Waals surface area contributed by atoms with E-state index in [0.717, 1.165) is 22.0 Å². The Kier molecular flexibility index (Phi) is 4.24. The highest BCUT2D eigenvalue weighted by Gasteiger charge is 2.14. The van der Waals surface area contributed by atoms with Crippen LogP contribution in [-0.4, -0.2) is 23.6 Å². The predicted molar refractivity (Wildman–Crippen MR) is 99.8 cm³/mol. The largest absolute Gasteiger partial charge is 0.278 e.